The van der Waals surface area contributed by atoms with Gasteiger partial charge in [0.2, 0.25) is 0 Å². The van der Waals surface area contributed by atoms with Crippen LogP contribution in [0.3, 0.4) is 0 Å². The summed E-state index contributed by atoms with van der Waals surface area (Å²) in [5, 5.41) is 4.08. The first-order valence-electron chi connectivity index (χ1n) is 10.6. The monoisotopic (exact) mass is 432 g/mol. The number of amides is 2. The fourth-order valence-corrected chi connectivity index (χ4v) is 4.35. The van der Waals surface area contributed by atoms with Crippen LogP contribution in [-0.4, -0.2) is 54.6 Å². The van der Waals surface area contributed by atoms with Crippen molar-refractivity contribution in [2.24, 2.45) is 5.73 Å². The van der Waals surface area contributed by atoms with Crippen molar-refractivity contribution in [1.29, 1.82) is 0 Å². The van der Waals surface area contributed by atoms with Gasteiger partial charge in [-0.05, 0) is 36.8 Å². The summed E-state index contributed by atoms with van der Waals surface area (Å²) in [7, 11) is 0. The molecule has 0 saturated carbocycles. The van der Waals surface area contributed by atoms with E-state index in [1.807, 2.05) is 31.2 Å². The zero-order chi connectivity index (χ0) is 22.2. The number of pyridine rings is 1. The molecule has 0 unspecified atom stereocenters. The first kappa shape index (κ1) is 20.3. The molecule has 2 amide bonds. The number of nitrogens with one attached hydrogen (secondary N) is 1. The van der Waals surface area contributed by atoms with Gasteiger partial charge in [0.25, 0.3) is 11.8 Å². The molecule has 1 fully saturated rings. The van der Waals surface area contributed by atoms with Crippen molar-refractivity contribution in [3.63, 3.8) is 0 Å². The zero-order valence-corrected chi connectivity index (χ0v) is 17.8. The maximum atomic E-state index is 13.2. The van der Waals surface area contributed by atoms with E-state index < -0.39 is 5.91 Å². The molecule has 1 saturated heterocycles. The highest BCUT2D eigenvalue weighted by atomic mass is 16.5. The summed E-state index contributed by atoms with van der Waals surface area (Å²) in [5.74, 6) is 0.171. The largest absolute Gasteiger partial charge is 0.493 e. The van der Waals surface area contributed by atoms with Crippen molar-refractivity contribution in [3.8, 4) is 5.75 Å². The van der Waals surface area contributed by atoms with E-state index in [1.54, 1.807) is 11.0 Å². The molecule has 0 aliphatic carbocycles. The van der Waals surface area contributed by atoms with E-state index in [0.717, 1.165) is 29.0 Å². The number of carbonyl (C=O) groups is 2. The fraction of sp³-hybridized carbons (Fsp3) is 0.292. The minimum absolute atomic E-state index is 0.0669. The van der Waals surface area contributed by atoms with Gasteiger partial charge in [-0.3, -0.25) is 14.6 Å². The Labute approximate surface area is 185 Å². The summed E-state index contributed by atoms with van der Waals surface area (Å²) in [6, 6.07) is 9.41. The van der Waals surface area contributed by atoms with Crippen LogP contribution in [0.15, 0.2) is 36.5 Å². The van der Waals surface area contributed by atoms with Crippen LogP contribution in [0.25, 0.3) is 10.9 Å². The Kier molecular flexibility index (Phi) is 5.14. The van der Waals surface area contributed by atoms with Crippen LogP contribution in [0.4, 0.5) is 11.4 Å². The summed E-state index contributed by atoms with van der Waals surface area (Å²) >= 11 is 0. The highest BCUT2D eigenvalue weighted by Gasteiger charge is 2.23. The third-order valence-electron chi connectivity index (χ3n) is 5.97. The number of nitrogens with two attached hydrogens (primary N) is 1. The van der Waals surface area contributed by atoms with Crippen LogP contribution < -0.4 is 15.8 Å². The van der Waals surface area contributed by atoms with Crippen molar-refractivity contribution >= 4 is 34.1 Å². The van der Waals surface area contributed by atoms with Gasteiger partial charge in [-0.2, -0.15) is 0 Å². The molecule has 5 rings (SSSR count). The normalized spacial score (nSPS) is 15.3. The highest BCUT2D eigenvalue weighted by molar-refractivity contribution is 6.10. The van der Waals surface area contributed by atoms with Gasteiger partial charge in [0.05, 0.1) is 36.6 Å². The van der Waals surface area contributed by atoms with Crippen molar-refractivity contribution in [3.05, 3.63) is 58.8 Å². The van der Waals surface area contributed by atoms with Crippen molar-refractivity contribution < 1.29 is 19.1 Å². The molecule has 2 aliphatic heterocycles. The van der Waals surface area contributed by atoms with Crippen LogP contribution in [-0.2, 0) is 11.2 Å². The summed E-state index contributed by atoms with van der Waals surface area (Å²) in [4.78, 5) is 31.7. The summed E-state index contributed by atoms with van der Waals surface area (Å²) in [6.45, 7) is 4.69. The lowest BCUT2D eigenvalue weighted by atomic mass is 10.0. The molecule has 0 atom stereocenters. The Balaban J connectivity index is 1.65. The van der Waals surface area contributed by atoms with E-state index in [1.165, 1.54) is 6.20 Å². The van der Waals surface area contributed by atoms with Crippen LogP contribution in [0.5, 0.6) is 5.75 Å². The number of fused-ring (bicyclic) bond motifs is 2. The van der Waals surface area contributed by atoms with Gasteiger partial charge in [-0.1, -0.05) is 6.07 Å². The molecule has 2 aromatic carbocycles. The van der Waals surface area contributed by atoms with E-state index in [4.69, 9.17) is 15.2 Å². The summed E-state index contributed by atoms with van der Waals surface area (Å²) < 4.78 is 11.0. The Morgan fingerprint density at radius 3 is 2.75 bits per heavy atom. The number of nitrogens with zero attached hydrogens (tertiary/aromatic N) is 2. The van der Waals surface area contributed by atoms with Gasteiger partial charge in [-0.15, -0.1) is 0 Å². The lowest BCUT2D eigenvalue weighted by molar-refractivity contribution is 0.0303. The molecule has 2 aliphatic rings. The Hall–Kier alpha value is -3.65. The predicted molar refractivity (Wildman–Crippen MR) is 121 cm³/mol. The van der Waals surface area contributed by atoms with E-state index >= 15 is 0 Å². The number of primary amides is 1. The molecule has 0 radical (unpaired) electrons. The SMILES string of the molecule is Cc1cc(C(=O)N2CCOCC2)cc2c(Nc3cccc4c3CCO4)c(C(N)=O)cnc12. The standard InChI is InChI=1S/C24H24N4O4/c1-14-11-15(24(30)28-6-9-31-10-7-28)12-17-21(14)26-13-18(23(25)29)22(17)27-19-3-2-4-20-16(19)5-8-32-20/h2-4,11-13H,5-10H2,1H3,(H2,25,29)(H,26,27). The topological polar surface area (TPSA) is 107 Å². The zero-order valence-electron chi connectivity index (χ0n) is 17.8. The Morgan fingerprint density at radius 1 is 1.16 bits per heavy atom. The second kappa shape index (κ2) is 8.12. The van der Waals surface area contributed by atoms with E-state index in [9.17, 15) is 9.59 Å². The maximum Gasteiger partial charge on any atom is 0.254 e. The van der Waals surface area contributed by atoms with Gasteiger partial charge >= 0.3 is 0 Å². The van der Waals surface area contributed by atoms with E-state index in [0.29, 0.717) is 55.1 Å². The first-order valence-corrected chi connectivity index (χ1v) is 10.6. The number of anilines is 2. The fourth-order valence-electron chi connectivity index (χ4n) is 4.35. The molecule has 8 nitrogen and oxygen atoms in total. The molecular formula is C24H24N4O4. The van der Waals surface area contributed by atoms with Crippen molar-refractivity contribution in [2.45, 2.75) is 13.3 Å². The van der Waals surface area contributed by atoms with Crippen LogP contribution in [0.2, 0.25) is 0 Å². The molecule has 3 heterocycles. The minimum Gasteiger partial charge on any atom is -0.493 e. The molecular weight excluding hydrogens is 408 g/mol. The van der Waals surface area contributed by atoms with Crippen LogP contribution in [0.1, 0.15) is 31.8 Å². The number of ether oxygens (including phenoxy) is 2. The summed E-state index contributed by atoms with van der Waals surface area (Å²) in [6.07, 6.45) is 2.26. The van der Waals surface area contributed by atoms with Gasteiger partial charge in [0.15, 0.2) is 0 Å². The lowest BCUT2D eigenvalue weighted by Gasteiger charge is -2.27. The number of hydrogen-bond acceptors (Lipinski definition) is 6. The number of benzene rings is 2. The average molecular weight is 432 g/mol. The molecule has 164 valence electrons. The van der Waals surface area contributed by atoms with Crippen molar-refractivity contribution in [2.75, 3.05) is 38.2 Å². The van der Waals surface area contributed by atoms with Crippen LogP contribution in [0, 0.1) is 6.92 Å². The number of aromatic nitrogens is 1. The molecule has 3 aromatic rings. The average Bonchev–Trinajstić information content (AvgIpc) is 3.29. The minimum atomic E-state index is -0.590. The Bertz CT molecular complexity index is 1230. The van der Waals surface area contributed by atoms with Gasteiger partial charge < -0.3 is 25.4 Å². The van der Waals surface area contributed by atoms with Gasteiger partial charge in [0, 0.05) is 47.9 Å². The number of hydrogen-bond donors (Lipinski definition) is 2. The molecule has 1 aromatic heterocycles. The third-order valence-corrected chi connectivity index (χ3v) is 5.97. The maximum absolute atomic E-state index is 13.2. The highest BCUT2D eigenvalue weighted by Crippen LogP contribution is 2.37. The van der Waals surface area contributed by atoms with Crippen LogP contribution >= 0.6 is 0 Å². The number of rotatable bonds is 4. The quantitative estimate of drug-likeness (QED) is 0.657. The Morgan fingerprint density at radius 2 is 1.97 bits per heavy atom. The smallest absolute Gasteiger partial charge is 0.254 e. The first-order chi connectivity index (χ1) is 15.5. The second-order valence-corrected chi connectivity index (χ2v) is 8.01. The molecule has 0 bridgehead atoms. The number of carbonyl (C=O) groups excluding carboxylic acids is 2. The summed E-state index contributed by atoms with van der Waals surface area (Å²) in [5.41, 5.74) is 10.5. The lowest BCUT2D eigenvalue weighted by Crippen LogP contribution is -2.40. The molecule has 0 spiro atoms. The molecule has 32 heavy (non-hydrogen) atoms. The molecule has 3 N–H and O–H groups in total. The molecule has 8 heteroatoms. The van der Waals surface area contributed by atoms with Gasteiger partial charge in [-0.25, -0.2) is 0 Å². The van der Waals surface area contributed by atoms with Crippen molar-refractivity contribution in [1.82, 2.24) is 9.88 Å². The van der Waals surface area contributed by atoms with E-state index in [-0.39, 0.29) is 11.5 Å². The second-order valence-electron chi connectivity index (χ2n) is 8.01. The number of morpholine rings is 1. The van der Waals surface area contributed by atoms with E-state index in [2.05, 4.69) is 10.3 Å². The van der Waals surface area contributed by atoms with Gasteiger partial charge in [0.1, 0.15) is 5.75 Å². The number of aryl methyl sites for hydroxylation is 1. The predicted octanol–water partition coefficient (Wildman–Crippen LogP) is 2.79. The third kappa shape index (κ3) is 3.52.